The number of nitro groups is 1. The maximum Gasteiger partial charge on any atom is 0.418 e. The van der Waals surface area contributed by atoms with Crippen molar-refractivity contribution in [3.8, 4) is 0 Å². The molecule has 0 saturated heterocycles. The molecule has 1 aromatic rings. The van der Waals surface area contributed by atoms with Gasteiger partial charge in [-0.1, -0.05) is 0 Å². The van der Waals surface area contributed by atoms with E-state index in [0.29, 0.717) is 12.1 Å². The zero-order chi connectivity index (χ0) is 15.0. The van der Waals surface area contributed by atoms with Crippen molar-refractivity contribution in [3.05, 3.63) is 37.8 Å². The predicted molar refractivity (Wildman–Crippen MR) is 58.4 cm³/mol. The quantitative estimate of drug-likeness (QED) is 0.648. The van der Waals surface area contributed by atoms with E-state index in [1.165, 1.54) is 0 Å². The topological polar surface area (TPSA) is 101 Å². The molecule has 0 aliphatic heterocycles. The number of halogens is 4. The van der Waals surface area contributed by atoms with Crippen LogP contribution in [0.3, 0.4) is 0 Å². The third-order valence-corrected chi connectivity index (χ3v) is 2.97. The maximum absolute atomic E-state index is 12.8. The molecule has 10 heteroatoms. The number of nitro benzene ring substituents is 1. The molecule has 0 aliphatic carbocycles. The number of carbonyl (C=O) groups is 1. The van der Waals surface area contributed by atoms with E-state index in [0.717, 1.165) is 0 Å². The number of hydrogen-bond acceptors (Lipinski definition) is 4. The number of hydrogen-bond donors (Lipinski definition) is 2. The van der Waals surface area contributed by atoms with Crippen LogP contribution >= 0.6 is 15.9 Å². The second-order valence-corrected chi connectivity index (χ2v) is 4.15. The van der Waals surface area contributed by atoms with Crippen molar-refractivity contribution in [2.45, 2.75) is 12.3 Å². The Hall–Kier alpha value is -1.68. The van der Waals surface area contributed by atoms with Crippen LogP contribution in [0.5, 0.6) is 0 Å². The Kier molecular flexibility index (Phi) is 4.15. The van der Waals surface area contributed by atoms with Crippen molar-refractivity contribution in [1.82, 2.24) is 0 Å². The Morgan fingerprint density at radius 2 is 1.95 bits per heavy atom. The number of benzene rings is 1. The van der Waals surface area contributed by atoms with Crippen molar-refractivity contribution >= 4 is 27.6 Å². The number of carboxylic acids is 1. The van der Waals surface area contributed by atoms with Crippen LogP contribution in [-0.2, 0) is 11.0 Å². The number of rotatable bonds is 3. The second-order valence-electron chi connectivity index (χ2n) is 3.36. The van der Waals surface area contributed by atoms with Gasteiger partial charge < -0.3 is 10.2 Å². The molecule has 1 unspecified atom stereocenters. The average Bonchev–Trinajstić information content (AvgIpc) is 2.24. The lowest BCUT2D eigenvalue weighted by molar-refractivity contribution is -0.386. The minimum Gasteiger partial charge on any atom is -0.479 e. The lowest BCUT2D eigenvalue weighted by Gasteiger charge is -2.16. The van der Waals surface area contributed by atoms with Crippen LogP contribution in [0.25, 0.3) is 0 Å². The van der Waals surface area contributed by atoms with E-state index >= 15 is 0 Å². The van der Waals surface area contributed by atoms with Crippen molar-refractivity contribution in [1.29, 1.82) is 0 Å². The standard InChI is InChI=1S/C9H5BrF3NO5/c10-6-4(14(18)19)2-1-3(7(15)8(16)17)5(6)9(11,12)13/h1-2,7,15H,(H,16,17). The number of alkyl halides is 3. The van der Waals surface area contributed by atoms with E-state index < -0.39 is 44.5 Å². The molecule has 19 heavy (non-hydrogen) atoms. The van der Waals surface area contributed by atoms with E-state index in [1.54, 1.807) is 0 Å². The third kappa shape index (κ3) is 3.01. The van der Waals surface area contributed by atoms with Gasteiger partial charge >= 0.3 is 12.1 Å². The zero-order valence-electron chi connectivity index (χ0n) is 8.81. The molecule has 1 atom stereocenters. The number of carboxylic acid groups (broad SMARTS) is 1. The molecule has 6 nitrogen and oxygen atoms in total. The molecular weight excluding hydrogens is 339 g/mol. The first kappa shape index (κ1) is 15.4. The van der Waals surface area contributed by atoms with Gasteiger partial charge in [-0.15, -0.1) is 0 Å². The summed E-state index contributed by atoms with van der Waals surface area (Å²) in [7, 11) is 0. The van der Waals surface area contributed by atoms with Crippen LogP contribution in [0.4, 0.5) is 18.9 Å². The van der Waals surface area contributed by atoms with Crippen LogP contribution in [0.15, 0.2) is 16.6 Å². The number of aliphatic carboxylic acids is 1. The van der Waals surface area contributed by atoms with Gasteiger partial charge in [0.15, 0.2) is 6.10 Å². The van der Waals surface area contributed by atoms with E-state index in [-0.39, 0.29) is 0 Å². The van der Waals surface area contributed by atoms with Gasteiger partial charge in [-0.2, -0.15) is 13.2 Å². The largest absolute Gasteiger partial charge is 0.479 e. The maximum atomic E-state index is 12.8. The van der Waals surface area contributed by atoms with Crippen molar-refractivity contribution < 1.29 is 33.1 Å². The summed E-state index contributed by atoms with van der Waals surface area (Å²) in [4.78, 5) is 20.0. The fourth-order valence-electron chi connectivity index (χ4n) is 1.37. The molecule has 0 saturated carbocycles. The van der Waals surface area contributed by atoms with E-state index in [1.807, 2.05) is 0 Å². The Labute approximate surface area is 111 Å². The van der Waals surface area contributed by atoms with Gasteiger partial charge in [-0.25, -0.2) is 4.79 Å². The molecule has 0 aliphatic rings. The molecule has 1 aromatic carbocycles. The average molecular weight is 344 g/mol. The Morgan fingerprint density at radius 3 is 2.32 bits per heavy atom. The SMILES string of the molecule is O=C(O)C(O)c1ccc([N+](=O)[O-])c(Br)c1C(F)(F)F. The number of aliphatic hydroxyl groups is 1. The highest BCUT2D eigenvalue weighted by Gasteiger charge is 2.41. The molecule has 0 amide bonds. The molecule has 0 heterocycles. The monoisotopic (exact) mass is 343 g/mol. The van der Waals surface area contributed by atoms with Gasteiger partial charge in [-0.3, -0.25) is 10.1 Å². The second kappa shape index (κ2) is 5.13. The lowest BCUT2D eigenvalue weighted by atomic mass is 10.0. The molecule has 104 valence electrons. The number of nitrogens with zero attached hydrogens (tertiary/aromatic N) is 1. The van der Waals surface area contributed by atoms with Crippen LogP contribution in [0, 0.1) is 10.1 Å². The molecule has 0 spiro atoms. The van der Waals surface area contributed by atoms with Crippen LogP contribution in [0.1, 0.15) is 17.2 Å². The molecule has 0 aromatic heterocycles. The zero-order valence-corrected chi connectivity index (χ0v) is 10.4. The summed E-state index contributed by atoms with van der Waals surface area (Å²) in [5, 5.41) is 28.3. The Balaban J connectivity index is 3.63. The van der Waals surface area contributed by atoms with Crippen LogP contribution in [0.2, 0.25) is 0 Å². The van der Waals surface area contributed by atoms with E-state index in [4.69, 9.17) is 5.11 Å². The fraction of sp³-hybridized carbons (Fsp3) is 0.222. The minimum absolute atomic E-state index is 0.560. The Morgan fingerprint density at radius 1 is 1.42 bits per heavy atom. The minimum atomic E-state index is -5.06. The summed E-state index contributed by atoms with van der Waals surface area (Å²) in [6, 6.07) is 1.24. The van der Waals surface area contributed by atoms with E-state index in [2.05, 4.69) is 15.9 Å². The third-order valence-electron chi connectivity index (χ3n) is 2.16. The highest BCUT2D eigenvalue weighted by Crippen LogP contribution is 2.43. The fourth-order valence-corrected chi connectivity index (χ4v) is 2.10. The predicted octanol–water partition coefficient (Wildman–Crippen LogP) is 2.49. The molecule has 0 radical (unpaired) electrons. The van der Waals surface area contributed by atoms with Crippen molar-refractivity contribution in [2.75, 3.05) is 0 Å². The van der Waals surface area contributed by atoms with Crippen LogP contribution in [-0.4, -0.2) is 21.1 Å². The Bertz CT molecular complexity index is 545. The lowest BCUT2D eigenvalue weighted by Crippen LogP contribution is -2.18. The van der Waals surface area contributed by atoms with E-state index in [9.17, 15) is 33.2 Å². The first-order chi connectivity index (χ1) is 8.57. The summed E-state index contributed by atoms with van der Waals surface area (Å²) in [6.07, 6.45) is -7.50. The summed E-state index contributed by atoms with van der Waals surface area (Å²) in [5.41, 5.74) is -3.44. The number of aliphatic hydroxyl groups excluding tert-OH is 1. The summed E-state index contributed by atoms with van der Waals surface area (Å²) in [6.45, 7) is 0. The van der Waals surface area contributed by atoms with Crippen molar-refractivity contribution in [3.63, 3.8) is 0 Å². The van der Waals surface area contributed by atoms with Gasteiger partial charge in [0, 0.05) is 11.6 Å². The van der Waals surface area contributed by atoms with Crippen molar-refractivity contribution in [2.24, 2.45) is 0 Å². The summed E-state index contributed by atoms with van der Waals surface area (Å²) < 4.78 is 37.5. The van der Waals surface area contributed by atoms with Gasteiger partial charge in [0.2, 0.25) is 0 Å². The molecule has 0 bridgehead atoms. The smallest absolute Gasteiger partial charge is 0.418 e. The van der Waals surface area contributed by atoms with Gasteiger partial charge in [-0.05, 0) is 22.0 Å². The molecule has 2 N–H and O–H groups in total. The van der Waals surface area contributed by atoms with Crippen LogP contribution < -0.4 is 0 Å². The normalized spacial score (nSPS) is 13.1. The highest BCUT2D eigenvalue weighted by molar-refractivity contribution is 9.10. The van der Waals surface area contributed by atoms with Gasteiger partial charge in [0.1, 0.15) is 4.47 Å². The summed E-state index contributed by atoms with van der Waals surface area (Å²) >= 11 is 2.42. The molecule has 0 fully saturated rings. The highest BCUT2D eigenvalue weighted by atomic mass is 79.9. The molecule has 1 rings (SSSR count). The first-order valence-electron chi connectivity index (χ1n) is 4.52. The summed E-state index contributed by atoms with van der Waals surface area (Å²) in [5.74, 6) is -1.90. The van der Waals surface area contributed by atoms with Gasteiger partial charge in [0.25, 0.3) is 5.69 Å². The van der Waals surface area contributed by atoms with Gasteiger partial charge in [0.05, 0.1) is 10.5 Å². The first-order valence-corrected chi connectivity index (χ1v) is 5.31. The molecular formula is C9H5BrF3NO5.